The molecule has 27 heavy (non-hydrogen) atoms. The highest BCUT2D eigenvalue weighted by atomic mass is 16.3. The first-order valence-corrected chi connectivity index (χ1v) is 9.95. The van der Waals surface area contributed by atoms with Crippen molar-refractivity contribution in [2.75, 3.05) is 11.4 Å². The number of amides is 1. The van der Waals surface area contributed by atoms with Gasteiger partial charge in [0.1, 0.15) is 11.5 Å². The van der Waals surface area contributed by atoms with Crippen LogP contribution >= 0.6 is 0 Å². The van der Waals surface area contributed by atoms with Gasteiger partial charge < -0.3 is 15.1 Å². The average molecular weight is 370 g/mol. The summed E-state index contributed by atoms with van der Waals surface area (Å²) in [7, 11) is 0. The SMILES string of the molecule is C=C(C)[C@@H]1CCC(C)=C[C@H]1c1c(O)cc(O)c2c1N(C(C)=O)CC[C@H]2CC. The molecule has 0 saturated heterocycles. The first-order valence-electron chi connectivity index (χ1n) is 9.95. The van der Waals surface area contributed by atoms with Gasteiger partial charge in [-0.15, -0.1) is 0 Å². The van der Waals surface area contributed by atoms with Crippen LogP contribution in [0, 0.1) is 5.92 Å². The van der Waals surface area contributed by atoms with Gasteiger partial charge in [0, 0.05) is 36.6 Å². The van der Waals surface area contributed by atoms with E-state index in [4.69, 9.17) is 0 Å². The predicted octanol–water partition coefficient (Wildman–Crippen LogP) is 5.36. The number of carbonyl (C=O) groups is 1. The zero-order chi connectivity index (χ0) is 19.9. The molecule has 1 amide bonds. The molecule has 0 spiro atoms. The van der Waals surface area contributed by atoms with Crippen molar-refractivity contribution in [3.8, 4) is 11.5 Å². The summed E-state index contributed by atoms with van der Waals surface area (Å²) in [6.07, 6.45) is 5.92. The van der Waals surface area contributed by atoms with E-state index in [0.717, 1.165) is 48.1 Å². The minimum absolute atomic E-state index is 0.0388. The van der Waals surface area contributed by atoms with Crippen LogP contribution in [0.2, 0.25) is 0 Å². The van der Waals surface area contributed by atoms with Crippen molar-refractivity contribution in [2.24, 2.45) is 5.92 Å². The van der Waals surface area contributed by atoms with Gasteiger partial charge in [0.15, 0.2) is 0 Å². The molecular formula is C23H31NO3. The van der Waals surface area contributed by atoms with E-state index >= 15 is 0 Å². The number of aromatic hydroxyl groups is 2. The number of allylic oxidation sites excluding steroid dienone is 3. The Morgan fingerprint density at radius 2 is 1.89 bits per heavy atom. The van der Waals surface area contributed by atoms with E-state index in [9.17, 15) is 15.0 Å². The second-order valence-corrected chi connectivity index (χ2v) is 8.19. The minimum Gasteiger partial charge on any atom is -0.507 e. The van der Waals surface area contributed by atoms with Gasteiger partial charge >= 0.3 is 0 Å². The van der Waals surface area contributed by atoms with E-state index in [-0.39, 0.29) is 35.2 Å². The minimum atomic E-state index is -0.0551. The lowest BCUT2D eigenvalue weighted by molar-refractivity contribution is -0.116. The van der Waals surface area contributed by atoms with Crippen molar-refractivity contribution in [2.45, 2.75) is 65.2 Å². The van der Waals surface area contributed by atoms with Crippen LogP contribution < -0.4 is 4.90 Å². The van der Waals surface area contributed by atoms with E-state index in [0.29, 0.717) is 6.54 Å². The maximum absolute atomic E-state index is 12.4. The Morgan fingerprint density at radius 1 is 1.22 bits per heavy atom. The lowest BCUT2D eigenvalue weighted by atomic mass is 9.72. The van der Waals surface area contributed by atoms with Crippen molar-refractivity contribution in [3.05, 3.63) is 41.0 Å². The van der Waals surface area contributed by atoms with Crippen LogP contribution in [0.3, 0.4) is 0 Å². The van der Waals surface area contributed by atoms with Crippen molar-refractivity contribution in [1.82, 2.24) is 0 Å². The lowest BCUT2D eigenvalue weighted by Gasteiger charge is -2.39. The second kappa shape index (κ2) is 7.41. The molecule has 4 nitrogen and oxygen atoms in total. The Labute approximate surface area is 162 Å². The van der Waals surface area contributed by atoms with E-state index in [1.54, 1.807) is 11.8 Å². The third-order valence-electron chi connectivity index (χ3n) is 6.30. The Hall–Kier alpha value is -2.23. The molecule has 1 aromatic carbocycles. The van der Waals surface area contributed by atoms with E-state index in [1.165, 1.54) is 11.6 Å². The summed E-state index contributed by atoms with van der Waals surface area (Å²) in [4.78, 5) is 14.2. The molecule has 0 saturated carbocycles. The third kappa shape index (κ3) is 3.38. The largest absolute Gasteiger partial charge is 0.507 e. The Balaban J connectivity index is 2.31. The summed E-state index contributed by atoms with van der Waals surface area (Å²) < 4.78 is 0. The fourth-order valence-corrected chi connectivity index (χ4v) is 4.87. The fraction of sp³-hybridized carbons (Fsp3) is 0.522. The third-order valence-corrected chi connectivity index (χ3v) is 6.30. The van der Waals surface area contributed by atoms with Crippen LogP contribution in [0.1, 0.15) is 76.3 Å². The summed E-state index contributed by atoms with van der Waals surface area (Å²) in [5.41, 5.74) is 4.67. The van der Waals surface area contributed by atoms with E-state index in [2.05, 4.69) is 26.5 Å². The average Bonchev–Trinajstić information content (AvgIpc) is 2.60. The quantitative estimate of drug-likeness (QED) is 0.705. The number of phenolic OH excluding ortho intramolecular Hbond substituents is 2. The predicted molar refractivity (Wildman–Crippen MR) is 109 cm³/mol. The van der Waals surface area contributed by atoms with Gasteiger partial charge in [-0.3, -0.25) is 4.79 Å². The zero-order valence-corrected chi connectivity index (χ0v) is 16.9. The molecule has 1 aromatic rings. The van der Waals surface area contributed by atoms with Crippen LogP contribution in [0.4, 0.5) is 5.69 Å². The van der Waals surface area contributed by atoms with Crippen LogP contribution in [0.15, 0.2) is 29.9 Å². The Kier molecular flexibility index (Phi) is 5.36. The summed E-state index contributed by atoms with van der Waals surface area (Å²) >= 11 is 0. The van der Waals surface area contributed by atoms with Crippen molar-refractivity contribution >= 4 is 11.6 Å². The normalized spacial score (nSPS) is 25.0. The molecule has 0 fully saturated rings. The molecule has 0 aromatic heterocycles. The number of phenols is 2. The first kappa shape index (κ1) is 19.5. The number of benzene rings is 1. The van der Waals surface area contributed by atoms with Gasteiger partial charge in [-0.25, -0.2) is 0 Å². The Morgan fingerprint density at radius 3 is 2.48 bits per heavy atom. The number of carbonyl (C=O) groups excluding carboxylic acids is 1. The van der Waals surface area contributed by atoms with Crippen molar-refractivity contribution in [3.63, 3.8) is 0 Å². The molecule has 0 bridgehead atoms. The molecule has 4 heteroatoms. The van der Waals surface area contributed by atoms with Crippen LogP contribution in [0.5, 0.6) is 11.5 Å². The molecule has 2 N–H and O–H groups in total. The van der Waals surface area contributed by atoms with Crippen LogP contribution in [-0.4, -0.2) is 22.7 Å². The maximum atomic E-state index is 12.4. The van der Waals surface area contributed by atoms with Crippen molar-refractivity contribution < 1.29 is 15.0 Å². The molecule has 1 aliphatic heterocycles. The van der Waals surface area contributed by atoms with E-state index < -0.39 is 0 Å². The first-order chi connectivity index (χ1) is 12.8. The number of nitrogens with zero attached hydrogens (tertiary/aromatic N) is 1. The highest BCUT2D eigenvalue weighted by Gasteiger charge is 2.37. The maximum Gasteiger partial charge on any atom is 0.223 e. The lowest BCUT2D eigenvalue weighted by Crippen LogP contribution is -2.36. The summed E-state index contributed by atoms with van der Waals surface area (Å²) in [5, 5.41) is 21.5. The molecule has 3 atom stereocenters. The van der Waals surface area contributed by atoms with Gasteiger partial charge in [-0.2, -0.15) is 0 Å². The molecule has 146 valence electrons. The van der Waals surface area contributed by atoms with Gasteiger partial charge in [-0.05, 0) is 51.4 Å². The number of hydrogen-bond donors (Lipinski definition) is 2. The number of anilines is 1. The van der Waals surface area contributed by atoms with Crippen LogP contribution in [0.25, 0.3) is 0 Å². The molecular weight excluding hydrogens is 338 g/mol. The molecule has 2 aliphatic rings. The highest BCUT2D eigenvalue weighted by molar-refractivity contribution is 5.95. The summed E-state index contributed by atoms with van der Waals surface area (Å²) in [5.74, 6) is 0.461. The number of fused-ring (bicyclic) bond motifs is 1. The Bertz CT molecular complexity index is 808. The molecule has 3 rings (SSSR count). The van der Waals surface area contributed by atoms with Gasteiger partial charge in [0.05, 0.1) is 5.69 Å². The highest BCUT2D eigenvalue weighted by Crippen LogP contribution is 2.53. The van der Waals surface area contributed by atoms with E-state index in [1.807, 2.05) is 6.92 Å². The molecule has 1 heterocycles. The fourth-order valence-electron chi connectivity index (χ4n) is 4.87. The molecule has 1 aliphatic carbocycles. The smallest absolute Gasteiger partial charge is 0.223 e. The van der Waals surface area contributed by atoms with Gasteiger partial charge in [0.2, 0.25) is 5.91 Å². The number of rotatable bonds is 3. The molecule has 0 radical (unpaired) electrons. The number of hydrogen-bond acceptors (Lipinski definition) is 3. The van der Waals surface area contributed by atoms with Crippen molar-refractivity contribution in [1.29, 1.82) is 0 Å². The zero-order valence-electron chi connectivity index (χ0n) is 16.9. The standard InChI is InChI=1S/C23H31NO3/c1-6-16-9-10-24(15(5)25)23-21(16)19(26)12-20(27)22(23)18-11-14(4)7-8-17(18)13(2)3/h11-12,16-18,26-27H,2,6-10H2,1,3-5H3/t16-,17+,18-/m1/s1. The topological polar surface area (TPSA) is 60.8 Å². The summed E-state index contributed by atoms with van der Waals surface area (Å²) in [6.45, 7) is 12.6. The molecule has 0 unspecified atom stereocenters. The van der Waals surface area contributed by atoms with Crippen LogP contribution in [-0.2, 0) is 4.79 Å². The summed E-state index contributed by atoms with van der Waals surface area (Å²) in [6, 6.07) is 1.47. The monoisotopic (exact) mass is 369 g/mol. The second-order valence-electron chi connectivity index (χ2n) is 8.19. The van der Waals surface area contributed by atoms with Gasteiger partial charge in [-0.1, -0.05) is 30.7 Å². The van der Waals surface area contributed by atoms with Gasteiger partial charge in [0.25, 0.3) is 0 Å².